The summed E-state index contributed by atoms with van der Waals surface area (Å²) in [7, 11) is 0. The lowest BCUT2D eigenvalue weighted by atomic mass is 10.1. The van der Waals surface area contributed by atoms with Crippen LogP contribution in [-0.4, -0.2) is 28.5 Å². The van der Waals surface area contributed by atoms with Crippen molar-refractivity contribution in [3.05, 3.63) is 35.4 Å². The van der Waals surface area contributed by atoms with Crippen LogP contribution in [0.15, 0.2) is 24.3 Å². The van der Waals surface area contributed by atoms with Gasteiger partial charge in [-0.3, -0.25) is 5.41 Å². The lowest BCUT2D eigenvalue weighted by molar-refractivity contribution is -0.0328. The molecule has 0 aromatic heterocycles. The van der Waals surface area contributed by atoms with Crippen molar-refractivity contribution in [3.63, 3.8) is 0 Å². The maximum Gasteiger partial charge on any atom is 0.441 e. The van der Waals surface area contributed by atoms with E-state index < -0.39 is 5.51 Å². The molecule has 0 aliphatic carbocycles. The maximum absolute atomic E-state index is 12.0. The fourth-order valence-corrected chi connectivity index (χ4v) is 2.35. The van der Waals surface area contributed by atoms with Crippen molar-refractivity contribution >= 4 is 34.6 Å². The number of nitrogens with zero attached hydrogens (tertiary/aromatic N) is 1. The SMILES string of the molecule is Br.N=C1c2ccccc2CN1CCSC(F)(F)F. The molecule has 0 unspecified atom stereocenters. The van der Waals surface area contributed by atoms with E-state index in [9.17, 15) is 13.2 Å². The highest BCUT2D eigenvalue weighted by molar-refractivity contribution is 8.93. The van der Waals surface area contributed by atoms with Gasteiger partial charge in [0, 0.05) is 24.4 Å². The van der Waals surface area contributed by atoms with E-state index in [0.717, 1.165) is 11.1 Å². The minimum absolute atomic E-state index is 0. The van der Waals surface area contributed by atoms with Crippen LogP contribution in [0, 0.1) is 5.41 Å². The lowest BCUT2D eigenvalue weighted by Crippen LogP contribution is -2.27. The molecule has 1 aliphatic rings. The zero-order chi connectivity index (χ0) is 12.5. The van der Waals surface area contributed by atoms with Crippen LogP contribution >= 0.6 is 28.7 Å². The number of amidine groups is 1. The molecule has 0 saturated heterocycles. The van der Waals surface area contributed by atoms with Crippen LogP contribution in [0.3, 0.4) is 0 Å². The molecule has 7 heteroatoms. The Morgan fingerprint density at radius 3 is 2.56 bits per heavy atom. The van der Waals surface area contributed by atoms with Crippen LogP contribution in [0.4, 0.5) is 13.2 Å². The highest BCUT2D eigenvalue weighted by atomic mass is 79.9. The molecule has 0 radical (unpaired) electrons. The van der Waals surface area contributed by atoms with Gasteiger partial charge in [0.2, 0.25) is 0 Å². The van der Waals surface area contributed by atoms with E-state index in [2.05, 4.69) is 0 Å². The smallest absolute Gasteiger partial charge is 0.351 e. The molecule has 0 bridgehead atoms. The van der Waals surface area contributed by atoms with Crippen molar-refractivity contribution in [3.8, 4) is 0 Å². The average molecular weight is 341 g/mol. The lowest BCUT2D eigenvalue weighted by Gasteiger charge is -2.17. The third-order valence-electron chi connectivity index (χ3n) is 2.58. The molecule has 0 spiro atoms. The van der Waals surface area contributed by atoms with Crippen LogP contribution in [0.1, 0.15) is 11.1 Å². The van der Waals surface area contributed by atoms with Crippen molar-refractivity contribution in [2.75, 3.05) is 12.3 Å². The molecule has 1 aromatic rings. The van der Waals surface area contributed by atoms with Crippen LogP contribution in [0.25, 0.3) is 0 Å². The number of hydrogen-bond donors (Lipinski definition) is 1. The van der Waals surface area contributed by atoms with E-state index in [-0.39, 0.29) is 41.0 Å². The van der Waals surface area contributed by atoms with E-state index in [1.165, 1.54) is 0 Å². The number of hydrogen-bond acceptors (Lipinski definition) is 2. The van der Waals surface area contributed by atoms with Gasteiger partial charge < -0.3 is 4.90 Å². The summed E-state index contributed by atoms with van der Waals surface area (Å²) in [4.78, 5) is 1.67. The Hall–Kier alpha value is -0.690. The van der Waals surface area contributed by atoms with Gasteiger partial charge in [0.05, 0.1) is 0 Å². The molecule has 18 heavy (non-hydrogen) atoms. The van der Waals surface area contributed by atoms with E-state index in [0.29, 0.717) is 12.4 Å². The van der Waals surface area contributed by atoms with Crippen LogP contribution < -0.4 is 0 Å². The van der Waals surface area contributed by atoms with Gasteiger partial charge in [-0.15, -0.1) is 17.0 Å². The number of alkyl halides is 3. The van der Waals surface area contributed by atoms with Gasteiger partial charge in [0.25, 0.3) is 0 Å². The minimum Gasteiger partial charge on any atom is -0.351 e. The fraction of sp³-hybridized carbons (Fsp3) is 0.364. The minimum atomic E-state index is -4.19. The second-order valence-corrected chi connectivity index (χ2v) is 4.88. The van der Waals surface area contributed by atoms with Crippen LogP contribution in [0.2, 0.25) is 0 Å². The quantitative estimate of drug-likeness (QED) is 0.909. The largest absolute Gasteiger partial charge is 0.441 e. The van der Waals surface area contributed by atoms with Crippen LogP contribution in [0.5, 0.6) is 0 Å². The monoisotopic (exact) mass is 340 g/mol. The van der Waals surface area contributed by atoms with Crippen molar-refractivity contribution in [2.24, 2.45) is 0 Å². The summed E-state index contributed by atoms with van der Waals surface area (Å²) in [6.07, 6.45) is 0. The first-order valence-electron chi connectivity index (χ1n) is 5.10. The highest BCUT2D eigenvalue weighted by Crippen LogP contribution is 2.30. The zero-order valence-corrected chi connectivity index (χ0v) is 11.9. The summed E-state index contributed by atoms with van der Waals surface area (Å²) in [5, 5.41) is 7.86. The second-order valence-electron chi connectivity index (χ2n) is 3.72. The first-order valence-corrected chi connectivity index (χ1v) is 6.08. The Kier molecular flexibility index (Phi) is 5.10. The zero-order valence-electron chi connectivity index (χ0n) is 9.33. The van der Waals surface area contributed by atoms with Crippen molar-refractivity contribution < 1.29 is 13.2 Å². The van der Waals surface area contributed by atoms with E-state index in [1.807, 2.05) is 24.3 Å². The molecule has 0 amide bonds. The summed E-state index contributed by atoms with van der Waals surface area (Å²) in [5.74, 6) is 0.281. The van der Waals surface area contributed by atoms with Gasteiger partial charge in [-0.2, -0.15) is 13.2 Å². The molecule has 2 rings (SSSR count). The van der Waals surface area contributed by atoms with Gasteiger partial charge in [-0.25, -0.2) is 0 Å². The van der Waals surface area contributed by atoms with Crippen molar-refractivity contribution in [2.45, 2.75) is 12.1 Å². The predicted molar refractivity (Wildman–Crippen MR) is 72.5 cm³/mol. The molecular weight excluding hydrogens is 329 g/mol. The molecule has 1 heterocycles. The van der Waals surface area contributed by atoms with Crippen molar-refractivity contribution in [1.29, 1.82) is 5.41 Å². The van der Waals surface area contributed by atoms with Crippen LogP contribution in [-0.2, 0) is 6.54 Å². The molecule has 1 aromatic carbocycles. The number of halogens is 4. The summed E-state index contributed by atoms with van der Waals surface area (Å²) in [5.41, 5.74) is -2.35. The molecule has 1 aliphatic heterocycles. The summed E-state index contributed by atoms with van der Waals surface area (Å²) < 4.78 is 35.9. The number of rotatable bonds is 3. The highest BCUT2D eigenvalue weighted by Gasteiger charge is 2.29. The normalized spacial score (nSPS) is 14.4. The first kappa shape index (κ1) is 15.4. The Morgan fingerprint density at radius 1 is 1.28 bits per heavy atom. The third-order valence-corrected chi connectivity index (χ3v) is 3.29. The Labute approximate surface area is 118 Å². The first-order chi connectivity index (χ1) is 7.97. The molecule has 1 N–H and O–H groups in total. The van der Waals surface area contributed by atoms with E-state index >= 15 is 0 Å². The molecule has 0 atom stereocenters. The Morgan fingerprint density at radius 2 is 1.94 bits per heavy atom. The Bertz CT molecular complexity index is 437. The second kappa shape index (κ2) is 5.97. The average Bonchev–Trinajstić information content (AvgIpc) is 2.55. The fourth-order valence-electron chi connectivity index (χ4n) is 1.81. The molecule has 100 valence electrons. The molecule has 2 nitrogen and oxygen atoms in total. The van der Waals surface area contributed by atoms with E-state index in [1.54, 1.807) is 4.90 Å². The summed E-state index contributed by atoms with van der Waals surface area (Å²) in [6.45, 7) is 0.783. The maximum atomic E-state index is 12.0. The van der Waals surface area contributed by atoms with Gasteiger partial charge in [-0.1, -0.05) is 24.3 Å². The van der Waals surface area contributed by atoms with Crippen molar-refractivity contribution in [1.82, 2.24) is 4.90 Å². The third kappa shape index (κ3) is 3.65. The van der Waals surface area contributed by atoms with E-state index in [4.69, 9.17) is 5.41 Å². The molecule has 0 fully saturated rings. The predicted octanol–water partition coefficient (Wildman–Crippen LogP) is 3.66. The topological polar surface area (TPSA) is 27.1 Å². The summed E-state index contributed by atoms with van der Waals surface area (Å²) >= 11 is -0.0371. The van der Waals surface area contributed by atoms with Gasteiger partial charge in [0.1, 0.15) is 5.84 Å². The number of fused-ring (bicyclic) bond motifs is 1. The Balaban J connectivity index is 0.00000162. The van der Waals surface area contributed by atoms with Gasteiger partial charge in [0.15, 0.2) is 0 Å². The van der Waals surface area contributed by atoms with Gasteiger partial charge in [-0.05, 0) is 17.3 Å². The standard InChI is InChI=1S/C11H11F3N2S.BrH/c12-11(13,14)17-6-5-16-7-8-3-1-2-4-9(8)10(16)15;/h1-4,15H,5-7H2;1H. The number of nitrogens with one attached hydrogen (secondary N) is 1. The van der Waals surface area contributed by atoms with Gasteiger partial charge >= 0.3 is 5.51 Å². The number of thioether (sulfide) groups is 1. The molecular formula is C11H12BrF3N2S. The number of benzene rings is 1. The molecule has 0 saturated carbocycles. The summed E-state index contributed by atoms with van der Waals surface area (Å²) in [6, 6.07) is 7.44.